The van der Waals surface area contributed by atoms with Gasteiger partial charge in [-0.1, -0.05) is 6.92 Å². The van der Waals surface area contributed by atoms with Crippen LogP contribution in [0, 0.1) is 0 Å². The van der Waals surface area contributed by atoms with Crippen molar-refractivity contribution in [2.45, 2.75) is 39.4 Å². The monoisotopic (exact) mass is 228 g/mol. The molecule has 1 aliphatic heterocycles. The van der Waals surface area contributed by atoms with Crippen LogP contribution in [0.4, 0.5) is 0 Å². The summed E-state index contributed by atoms with van der Waals surface area (Å²) in [5.74, 6) is -0.960. The highest BCUT2D eigenvalue weighted by molar-refractivity contribution is 6.35. The van der Waals surface area contributed by atoms with Crippen molar-refractivity contribution in [3.8, 4) is 0 Å². The maximum Gasteiger partial charge on any atom is 0.312 e. The quantitative estimate of drug-likeness (QED) is 0.684. The fourth-order valence-corrected chi connectivity index (χ4v) is 1.80. The third-order valence-corrected chi connectivity index (χ3v) is 2.44. The fourth-order valence-electron chi connectivity index (χ4n) is 1.80. The first-order valence-corrected chi connectivity index (χ1v) is 5.77. The molecule has 0 aromatic carbocycles. The van der Waals surface area contributed by atoms with Crippen molar-refractivity contribution in [2.75, 3.05) is 19.6 Å². The van der Waals surface area contributed by atoms with E-state index in [2.05, 4.69) is 5.32 Å². The van der Waals surface area contributed by atoms with E-state index in [1.807, 2.05) is 20.8 Å². The maximum atomic E-state index is 11.8. The van der Waals surface area contributed by atoms with Crippen LogP contribution in [0.25, 0.3) is 0 Å². The van der Waals surface area contributed by atoms with Crippen LogP contribution in [-0.4, -0.2) is 48.6 Å². The van der Waals surface area contributed by atoms with Crippen LogP contribution in [0.15, 0.2) is 0 Å². The van der Waals surface area contributed by atoms with Gasteiger partial charge in [-0.3, -0.25) is 9.59 Å². The molecule has 1 aliphatic rings. The summed E-state index contributed by atoms with van der Waals surface area (Å²) in [6.07, 6.45) is 0.813. The number of morpholine rings is 1. The average Bonchev–Trinajstić information content (AvgIpc) is 2.23. The number of carbonyl (C=O) groups excluding carboxylic acids is 2. The summed E-state index contributed by atoms with van der Waals surface area (Å²) >= 11 is 0. The summed E-state index contributed by atoms with van der Waals surface area (Å²) in [4.78, 5) is 24.8. The zero-order chi connectivity index (χ0) is 12.1. The highest BCUT2D eigenvalue weighted by Crippen LogP contribution is 2.10. The SMILES string of the molecule is CCCNC(=O)C(=O)N1CC(C)OC(C)C1. The van der Waals surface area contributed by atoms with E-state index in [1.54, 1.807) is 4.90 Å². The maximum absolute atomic E-state index is 11.8. The molecule has 92 valence electrons. The van der Waals surface area contributed by atoms with Crippen molar-refractivity contribution < 1.29 is 14.3 Å². The number of hydrogen-bond acceptors (Lipinski definition) is 3. The summed E-state index contributed by atoms with van der Waals surface area (Å²) < 4.78 is 5.50. The Morgan fingerprint density at radius 2 is 1.88 bits per heavy atom. The number of carbonyl (C=O) groups is 2. The molecular formula is C11H20N2O3. The standard InChI is InChI=1S/C11H20N2O3/c1-4-5-12-10(14)11(15)13-6-8(2)16-9(3)7-13/h8-9H,4-7H2,1-3H3,(H,12,14). The molecule has 1 heterocycles. The van der Waals surface area contributed by atoms with E-state index in [1.165, 1.54) is 0 Å². The van der Waals surface area contributed by atoms with Crippen molar-refractivity contribution >= 4 is 11.8 Å². The Bertz CT molecular complexity index is 258. The van der Waals surface area contributed by atoms with E-state index in [0.29, 0.717) is 19.6 Å². The normalized spacial score (nSPS) is 25.3. The molecule has 0 aromatic heterocycles. The molecule has 0 aromatic rings. The molecular weight excluding hydrogens is 208 g/mol. The highest BCUT2D eigenvalue weighted by atomic mass is 16.5. The van der Waals surface area contributed by atoms with Gasteiger partial charge in [0.15, 0.2) is 0 Å². The van der Waals surface area contributed by atoms with Crippen molar-refractivity contribution in [3.63, 3.8) is 0 Å². The van der Waals surface area contributed by atoms with Crippen molar-refractivity contribution in [2.24, 2.45) is 0 Å². The van der Waals surface area contributed by atoms with Crippen molar-refractivity contribution in [3.05, 3.63) is 0 Å². The molecule has 0 spiro atoms. The smallest absolute Gasteiger partial charge is 0.312 e. The number of ether oxygens (including phenoxy) is 1. The third kappa shape index (κ3) is 3.48. The van der Waals surface area contributed by atoms with Gasteiger partial charge >= 0.3 is 11.8 Å². The predicted octanol–water partition coefficient (Wildman–Crippen LogP) is 0.148. The molecule has 2 unspecified atom stereocenters. The van der Waals surface area contributed by atoms with Crippen molar-refractivity contribution in [1.29, 1.82) is 0 Å². The summed E-state index contributed by atoms with van der Waals surface area (Å²) in [6.45, 7) is 7.27. The fraction of sp³-hybridized carbons (Fsp3) is 0.818. The van der Waals surface area contributed by atoms with Gasteiger partial charge in [-0.15, -0.1) is 0 Å². The zero-order valence-electron chi connectivity index (χ0n) is 10.2. The molecule has 1 rings (SSSR count). The molecule has 5 nitrogen and oxygen atoms in total. The van der Waals surface area contributed by atoms with Gasteiger partial charge in [0.2, 0.25) is 0 Å². The highest BCUT2D eigenvalue weighted by Gasteiger charge is 2.29. The van der Waals surface area contributed by atoms with Crippen LogP contribution in [0.2, 0.25) is 0 Å². The van der Waals surface area contributed by atoms with Gasteiger partial charge < -0.3 is 15.0 Å². The minimum Gasteiger partial charge on any atom is -0.372 e. The van der Waals surface area contributed by atoms with E-state index < -0.39 is 11.8 Å². The second-order valence-electron chi connectivity index (χ2n) is 4.22. The summed E-state index contributed by atoms with van der Waals surface area (Å²) in [6, 6.07) is 0. The number of nitrogens with zero attached hydrogens (tertiary/aromatic N) is 1. The summed E-state index contributed by atoms with van der Waals surface area (Å²) in [7, 11) is 0. The minimum absolute atomic E-state index is 0.00771. The second-order valence-corrected chi connectivity index (χ2v) is 4.22. The van der Waals surface area contributed by atoms with Crippen LogP contribution < -0.4 is 5.32 Å². The van der Waals surface area contributed by atoms with Gasteiger partial charge in [-0.05, 0) is 20.3 Å². The Labute approximate surface area is 96.1 Å². The summed E-state index contributed by atoms with van der Waals surface area (Å²) in [5, 5.41) is 2.59. The second kappa shape index (κ2) is 5.84. The van der Waals surface area contributed by atoms with E-state index in [4.69, 9.17) is 4.74 Å². The predicted molar refractivity (Wildman–Crippen MR) is 59.9 cm³/mol. The van der Waals surface area contributed by atoms with E-state index in [-0.39, 0.29) is 12.2 Å². The lowest BCUT2D eigenvalue weighted by Crippen LogP contribution is -2.52. The summed E-state index contributed by atoms with van der Waals surface area (Å²) in [5.41, 5.74) is 0. The number of rotatable bonds is 2. The first-order valence-electron chi connectivity index (χ1n) is 5.77. The van der Waals surface area contributed by atoms with Crippen LogP contribution in [0.1, 0.15) is 27.2 Å². The molecule has 0 saturated carbocycles. The molecule has 0 bridgehead atoms. The van der Waals surface area contributed by atoms with Gasteiger partial charge in [-0.25, -0.2) is 0 Å². The minimum atomic E-state index is -0.511. The van der Waals surface area contributed by atoms with E-state index in [9.17, 15) is 9.59 Å². The Hall–Kier alpha value is -1.10. The van der Waals surface area contributed by atoms with Gasteiger partial charge in [0, 0.05) is 19.6 Å². The first-order chi connectivity index (χ1) is 7.54. The molecule has 0 radical (unpaired) electrons. The van der Waals surface area contributed by atoms with Gasteiger partial charge in [0.1, 0.15) is 0 Å². The van der Waals surface area contributed by atoms with Crippen molar-refractivity contribution in [1.82, 2.24) is 10.2 Å². The Morgan fingerprint density at radius 1 is 1.31 bits per heavy atom. The van der Waals surface area contributed by atoms with E-state index >= 15 is 0 Å². The zero-order valence-corrected chi connectivity index (χ0v) is 10.2. The molecule has 16 heavy (non-hydrogen) atoms. The van der Waals surface area contributed by atoms with Crippen LogP contribution in [-0.2, 0) is 14.3 Å². The van der Waals surface area contributed by atoms with Crippen LogP contribution in [0.3, 0.4) is 0 Å². The van der Waals surface area contributed by atoms with Gasteiger partial charge in [0.25, 0.3) is 0 Å². The largest absolute Gasteiger partial charge is 0.372 e. The number of amides is 2. The number of hydrogen-bond donors (Lipinski definition) is 1. The lowest BCUT2D eigenvalue weighted by Gasteiger charge is -2.34. The third-order valence-electron chi connectivity index (χ3n) is 2.44. The van der Waals surface area contributed by atoms with Gasteiger partial charge in [0.05, 0.1) is 12.2 Å². The molecule has 2 atom stereocenters. The van der Waals surface area contributed by atoms with E-state index in [0.717, 1.165) is 6.42 Å². The Morgan fingerprint density at radius 3 is 2.38 bits per heavy atom. The Balaban J connectivity index is 2.49. The van der Waals surface area contributed by atoms with Crippen LogP contribution in [0.5, 0.6) is 0 Å². The topological polar surface area (TPSA) is 58.6 Å². The number of nitrogens with one attached hydrogen (secondary N) is 1. The Kier molecular flexibility index (Phi) is 4.73. The molecule has 1 fully saturated rings. The molecule has 0 aliphatic carbocycles. The lowest BCUT2D eigenvalue weighted by molar-refractivity contribution is -0.153. The molecule has 5 heteroatoms. The average molecular weight is 228 g/mol. The van der Waals surface area contributed by atoms with Gasteiger partial charge in [-0.2, -0.15) is 0 Å². The first kappa shape index (κ1) is 13.0. The lowest BCUT2D eigenvalue weighted by atomic mass is 10.2. The molecule has 1 N–H and O–H groups in total. The van der Waals surface area contributed by atoms with Crippen LogP contribution >= 0.6 is 0 Å². The molecule has 1 saturated heterocycles. The molecule has 2 amide bonds.